The van der Waals surface area contributed by atoms with Gasteiger partial charge in [0, 0.05) is 30.5 Å². The number of halogens is 3. The minimum atomic E-state index is -4.33. The number of amides is 1. The second kappa shape index (κ2) is 7.56. The molecule has 2 aromatic rings. The molecule has 2 rings (SSSR count). The Kier molecular flexibility index (Phi) is 5.73. The van der Waals surface area contributed by atoms with Crippen LogP contribution in [0.25, 0.3) is 0 Å². The van der Waals surface area contributed by atoms with E-state index in [0.717, 1.165) is 22.6 Å². The highest BCUT2D eigenvalue weighted by Crippen LogP contribution is 2.29. The average molecular weight is 343 g/mol. The second-order valence-electron chi connectivity index (χ2n) is 4.90. The number of carbonyl (C=O) groups excluding carboxylic acids is 1. The molecule has 0 bridgehead atoms. The van der Waals surface area contributed by atoms with Crippen molar-refractivity contribution in [2.24, 2.45) is 0 Å². The Morgan fingerprint density at radius 1 is 1.26 bits per heavy atom. The first-order valence-electron chi connectivity index (χ1n) is 6.94. The van der Waals surface area contributed by atoms with Gasteiger partial charge in [-0.3, -0.25) is 4.79 Å². The topological polar surface area (TPSA) is 54.0 Å². The molecule has 0 radical (unpaired) electrons. The van der Waals surface area contributed by atoms with Crippen molar-refractivity contribution in [1.29, 1.82) is 0 Å². The summed E-state index contributed by atoms with van der Waals surface area (Å²) in [6.07, 6.45) is -1.88. The third-order valence-electron chi connectivity index (χ3n) is 3.06. The van der Waals surface area contributed by atoms with E-state index in [4.69, 9.17) is 0 Å². The Labute approximate surface area is 135 Å². The summed E-state index contributed by atoms with van der Waals surface area (Å²) in [5.74, 6) is -0.130. The van der Waals surface area contributed by atoms with Gasteiger partial charge in [0.1, 0.15) is 0 Å². The van der Waals surface area contributed by atoms with Gasteiger partial charge >= 0.3 is 6.18 Å². The normalized spacial score (nSPS) is 11.5. The van der Waals surface area contributed by atoms with Gasteiger partial charge in [-0.15, -0.1) is 11.3 Å². The molecule has 8 heteroatoms. The van der Waals surface area contributed by atoms with Gasteiger partial charge in [0.05, 0.1) is 5.56 Å². The van der Waals surface area contributed by atoms with Crippen molar-refractivity contribution >= 4 is 22.4 Å². The summed E-state index contributed by atoms with van der Waals surface area (Å²) in [5.41, 5.74) is 0.0951. The predicted molar refractivity (Wildman–Crippen MR) is 83.5 cm³/mol. The summed E-state index contributed by atoms with van der Waals surface area (Å²) < 4.78 is 37.5. The molecule has 0 aliphatic heterocycles. The van der Waals surface area contributed by atoms with Crippen molar-refractivity contribution < 1.29 is 18.0 Å². The molecule has 0 aliphatic carbocycles. The number of benzene rings is 1. The van der Waals surface area contributed by atoms with Gasteiger partial charge < -0.3 is 10.6 Å². The molecule has 0 saturated carbocycles. The van der Waals surface area contributed by atoms with Gasteiger partial charge in [-0.1, -0.05) is 12.1 Å². The van der Waals surface area contributed by atoms with Crippen LogP contribution < -0.4 is 10.6 Å². The van der Waals surface area contributed by atoms with E-state index >= 15 is 0 Å². The van der Waals surface area contributed by atoms with E-state index in [9.17, 15) is 18.0 Å². The van der Waals surface area contributed by atoms with E-state index in [1.165, 1.54) is 23.5 Å². The molecule has 1 aromatic heterocycles. The molecule has 0 atom stereocenters. The van der Waals surface area contributed by atoms with E-state index < -0.39 is 11.7 Å². The summed E-state index contributed by atoms with van der Waals surface area (Å²) >= 11 is 1.31. The molecule has 124 valence electrons. The number of rotatable bonds is 6. The summed E-state index contributed by atoms with van der Waals surface area (Å²) in [6, 6.07) is 5.04. The fourth-order valence-corrected chi connectivity index (χ4v) is 2.74. The molecule has 0 spiro atoms. The van der Waals surface area contributed by atoms with Gasteiger partial charge in [-0.05, 0) is 24.7 Å². The largest absolute Gasteiger partial charge is 0.416 e. The molecule has 0 fully saturated rings. The zero-order valence-electron chi connectivity index (χ0n) is 12.4. The summed E-state index contributed by atoms with van der Waals surface area (Å²) in [4.78, 5) is 16.6. The number of nitrogens with one attached hydrogen (secondary N) is 2. The van der Waals surface area contributed by atoms with Crippen molar-refractivity contribution in [3.63, 3.8) is 0 Å². The molecule has 0 unspecified atom stereocenters. The van der Waals surface area contributed by atoms with Crippen LogP contribution in [-0.2, 0) is 17.4 Å². The Hall–Kier alpha value is -1.93. The predicted octanol–water partition coefficient (Wildman–Crippen LogP) is 3.30. The maximum absolute atomic E-state index is 12.5. The fraction of sp³-hybridized carbons (Fsp3) is 0.333. The van der Waals surface area contributed by atoms with Crippen molar-refractivity contribution in [3.05, 3.63) is 46.5 Å². The lowest BCUT2D eigenvalue weighted by Gasteiger charge is -2.06. The SMILES string of the molecule is CNCCC(=O)Nc1ncc(Cc2ccc(C(F)(F)F)cc2)s1. The van der Waals surface area contributed by atoms with Crippen LogP contribution in [0.3, 0.4) is 0 Å². The van der Waals surface area contributed by atoms with Crippen molar-refractivity contribution in [2.75, 3.05) is 18.9 Å². The Balaban J connectivity index is 1.95. The molecule has 4 nitrogen and oxygen atoms in total. The minimum absolute atomic E-state index is 0.130. The standard InChI is InChI=1S/C15H16F3N3OS/c1-19-7-6-13(22)21-14-20-9-12(23-14)8-10-2-4-11(5-3-10)15(16,17)18/h2-5,9,19H,6-8H2,1H3,(H,20,21,22). The monoisotopic (exact) mass is 343 g/mol. The molecule has 2 N–H and O–H groups in total. The highest BCUT2D eigenvalue weighted by atomic mass is 32.1. The first-order chi connectivity index (χ1) is 10.9. The van der Waals surface area contributed by atoms with Gasteiger partial charge in [0.2, 0.25) is 5.91 Å². The minimum Gasteiger partial charge on any atom is -0.319 e. The number of aromatic nitrogens is 1. The Morgan fingerprint density at radius 2 is 1.96 bits per heavy atom. The molecular formula is C15H16F3N3OS. The third kappa shape index (κ3) is 5.33. The van der Waals surface area contributed by atoms with Crippen molar-refractivity contribution in [1.82, 2.24) is 10.3 Å². The van der Waals surface area contributed by atoms with Crippen LogP contribution in [0.2, 0.25) is 0 Å². The smallest absolute Gasteiger partial charge is 0.319 e. The number of hydrogen-bond acceptors (Lipinski definition) is 4. The Bertz CT molecular complexity index is 653. The Morgan fingerprint density at radius 3 is 2.57 bits per heavy atom. The molecule has 0 saturated heterocycles. The zero-order chi connectivity index (χ0) is 16.9. The molecule has 1 heterocycles. The average Bonchev–Trinajstić information content (AvgIpc) is 2.91. The zero-order valence-corrected chi connectivity index (χ0v) is 13.2. The van der Waals surface area contributed by atoms with Gasteiger partial charge in [0.25, 0.3) is 0 Å². The van der Waals surface area contributed by atoms with Crippen LogP contribution in [0.4, 0.5) is 18.3 Å². The first-order valence-corrected chi connectivity index (χ1v) is 7.75. The van der Waals surface area contributed by atoms with Crippen LogP contribution in [0.1, 0.15) is 22.4 Å². The van der Waals surface area contributed by atoms with E-state index in [0.29, 0.717) is 24.5 Å². The quantitative estimate of drug-likeness (QED) is 0.846. The van der Waals surface area contributed by atoms with Gasteiger partial charge in [-0.2, -0.15) is 13.2 Å². The van der Waals surface area contributed by atoms with Crippen LogP contribution >= 0.6 is 11.3 Å². The van der Waals surface area contributed by atoms with E-state index in [1.54, 1.807) is 13.2 Å². The van der Waals surface area contributed by atoms with E-state index in [2.05, 4.69) is 15.6 Å². The van der Waals surface area contributed by atoms with Crippen LogP contribution in [0, 0.1) is 0 Å². The lowest BCUT2D eigenvalue weighted by molar-refractivity contribution is -0.137. The number of nitrogens with zero attached hydrogens (tertiary/aromatic N) is 1. The highest BCUT2D eigenvalue weighted by molar-refractivity contribution is 7.15. The molecular weight excluding hydrogens is 327 g/mol. The van der Waals surface area contributed by atoms with Crippen LogP contribution in [0.5, 0.6) is 0 Å². The van der Waals surface area contributed by atoms with Crippen LogP contribution in [-0.4, -0.2) is 24.5 Å². The van der Waals surface area contributed by atoms with E-state index in [1.807, 2.05) is 0 Å². The maximum atomic E-state index is 12.5. The third-order valence-corrected chi connectivity index (χ3v) is 3.97. The van der Waals surface area contributed by atoms with Crippen LogP contribution in [0.15, 0.2) is 30.5 Å². The van der Waals surface area contributed by atoms with Crippen molar-refractivity contribution in [2.45, 2.75) is 19.0 Å². The number of anilines is 1. The number of thiazole rings is 1. The van der Waals surface area contributed by atoms with E-state index in [-0.39, 0.29) is 5.91 Å². The molecule has 1 aromatic carbocycles. The molecule has 23 heavy (non-hydrogen) atoms. The second-order valence-corrected chi connectivity index (χ2v) is 6.02. The number of carbonyl (C=O) groups is 1. The molecule has 1 amide bonds. The lowest BCUT2D eigenvalue weighted by Crippen LogP contribution is -2.18. The first kappa shape index (κ1) is 17.4. The number of hydrogen-bond donors (Lipinski definition) is 2. The number of alkyl halides is 3. The van der Waals surface area contributed by atoms with Gasteiger partial charge in [-0.25, -0.2) is 4.98 Å². The lowest BCUT2D eigenvalue weighted by atomic mass is 10.1. The fourth-order valence-electron chi connectivity index (χ4n) is 1.88. The summed E-state index contributed by atoms with van der Waals surface area (Å²) in [5, 5.41) is 6.06. The highest BCUT2D eigenvalue weighted by Gasteiger charge is 2.29. The maximum Gasteiger partial charge on any atom is 0.416 e. The van der Waals surface area contributed by atoms with Crippen molar-refractivity contribution in [3.8, 4) is 0 Å². The summed E-state index contributed by atoms with van der Waals surface area (Å²) in [7, 11) is 1.76. The summed E-state index contributed by atoms with van der Waals surface area (Å²) in [6.45, 7) is 0.579. The van der Waals surface area contributed by atoms with Gasteiger partial charge in [0.15, 0.2) is 5.13 Å². The molecule has 0 aliphatic rings.